The van der Waals surface area contributed by atoms with Crippen LogP contribution < -0.4 is 0 Å². The summed E-state index contributed by atoms with van der Waals surface area (Å²) >= 11 is 0. The number of benzene rings is 2. The lowest BCUT2D eigenvalue weighted by Crippen LogP contribution is -2.36. The zero-order valence-electron chi connectivity index (χ0n) is 18.1. The van der Waals surface area contributed by atoms with Crippen LogP contribution in [0.15, 0.2) is 47.0 Å². The molecule has 1 aliphatic heterocycles. The molecular formula is C24H22FN5O2. The van der Waals surface area contributed by atoms with Gasteiger partial charge in [0.2, 0.25) is 5.82 Å². The first-order valence-corrected chi connectivity index (χ1v) is 10.4. The lowest BCUT2D eigenvalue weighted by Gasteiger charge is -2.28. The Balaban J connectivity index is 1.46. The summed E-state index contributed by atoms with van der Waals surface area (Å²) in [5, 5.41) is 8.64. The molecule has 0 radical (unpaired) electrons. The highest BCUT2D eigenvalue weighted by Crippen LogP contribution is 2.31. The minimum Gasteiger partial charge on any atom is -0.334 e. The third-order valence-electron chi connectivity index (χ3n) is 5.87. The molecule has 32 heavy (non-hydrogen) atoms. The minimum absolute atomic E-state index is 0.000448. The average molecular weight is 431 g/mol. The number of aromatic nitrogens is 4. The number of aryl methyl sites for hydroxylation is 3. The van der Waals surface area contributed by atoms with Crippen LogP contribution in [0.1, 0.15) is 32.7 Å². The normalized spacial score (nSPS) is 13.3. The Kier molecular flexibility index (Phi) is 4.84. The number of hydrogen-bond acceptors (Lipinski definition) is 5. The second kappa shape index (κ2) is 7.71. The molecule has 0 unspecified atom stereocenters. The van der Waals surface area contributed by atoms with E-state index in [-0.39, 0.29) is 17.6 Å². The van der Waals surface area contributed by atoms with Crippen molar-refractivity contribution < 1.29 is 13.7 Å². The van der Waals surface area contributed by atoms with Crippen molar-refractivity contribution in [1.82, 2.24) is 24.8 Å². The molecule has 1 aliphatic rings. The maximum atomic E-state index is 13.2. The topological polar surface area (TPSA) is 77.1 Å². The van der Waals surface area contributed by atoms with Gasteiger partial charge in [-0.2, -0.15) is 10.1 Å². The summed E-state index contributed by atoms with van der Waals surface area (Å²) in [7, 11) is 1.88. The molecule has 162 valence electrons. The van der Waals surface area contributed by atoms with Gasteiger partial charge < -0.3 is 9.42 Å². The van der Waals surface area contributed by atoms with Crippen molar-refractivity contribution in [3.63, 3.8) is 0 Å². The van der Waals surface area contributed by atoms with E-state index in [1.165, 1.54) is 12.1 Å². The second-order valence-corrected chi connectivity index (χ2v) is 8.12. The van der Waals surface area contributed by atoms with E-state index in [1.54, 1.807) is 12.1 Å². The predicted molar refractivity (Wildman–Crippen MR) is 116 cm³/mol. The van der Waals surface area contributed by atoms with E-state index in [2.05, 4.69) is 15.2 Å². The van der Waals surface area contributed by atoms with Gasteiger partial charge in [0.25, 0.3) is 11.8 Å². The fourth-order valence-corrected chi connectivity index (χ4v) is 4.20. The highest BCUT2D eigenvalue weighted by atomic mass is 19.1. The van der Waals surface area contributed by atoms with E-state index in [1.807, 2.05) is 48.7 Å². The first-order valence-electron chi connectivity index (χ1n) is 10.4. The molecule has 2 aromatic carbocycles. The summed E-state index contributed by atoms with van der Waals surface area (Å²) < 4.78 is 20.5. The third-order valence-corrected chi connectivity index (χ3v) is 5.87. The molecule has 8 heteroatoms. The van der Waals surface area contributed by atoms with Gasteiger partial charge in [-0.1, -0.05) is 22.9 Å². The molecule has 7 nitrogen and oxygen atoms in total. The molecule has 5 rings (SSSR count). The lowest BCUT2D eigenvalue weighted by molar-refractivity contribution is 0.0733. The van der Waals surface area contributed by atoms with Crippen LogP contribution in [0.25, 0.3) is 23.0 Å². The van der Waals surface area contributed by atoms with Crippen molar-refractivity contribution >= 4 is 5.91 Å². The Labute approximate surface area is 184 Å². The van der Waals surface area contributed by atoms with Crippen LogP contribution in [0, 0.1) is 19.7 Å². The van der Waals surface area contributed by atoms with Gasteiger partial charge >= 0.3 is 0 Å². The van der Waals surface area contributed by atoms with Gasteiger partial charge in [-0.3, -0.25) is 9.48 Å². The summed E-state index contributed by atoms with van der Waals surface area (Å²) in [5.41, 5.74) is 5.98. The van der Waals surface area contributed by atoms with E-state index < -0.39 is 0 Å². The summed E-state index contributed by atoms with van der Waals surface area (Å²) in [6.45, 7) is 5.00. The van der Waals surface area contributed by atoms with E-state index in [4.69, 9.17) is 4.52 Å². The van der Waals surface area contributed by atoms with Gasteiger partial charge in [0.15, 0.2) is 5.69 Å². The van der Waals surface area contributed by atoms with E-state index >= 15 is 0 Å². The molecule has 2 aromatic heterocycles. The maximum Gasteiger partial charge on any atom is 0.279 e. The number of nitrogens with zero attached hydrogens (tertiary/aromatic N) is 5. The quantitative estimate of drug-likeness (QED) is 0.488. The average Bonchev–Trinajstić information content (AvgIpc) is 3.39. The maximum absolute atomic E-state index is 13.2. The van der Waals surface area contributed by atoms with Gasteiger partial charge in [-0.25, -0.2) is 4.39 Å². The first kappa shape index (κ1) is 20.1. The van der Waals surface area contributed by atoms with E-state index in [9.17, 15) is 9.18 Å². The van der Waals surface area contributed by atoms with Crippen LogP contribution in [0.2, 0.25) is 0 Å². The van der Waals surface area contributed by atoms with Gasteiger partial charge in [0.05, 0.1) is 6.54 Å². The molecule has 0 spiro atoms. The van der Waals surface area contributed by atoms with Crippen LogP contribution in [0.4, 0.5) is 4.39 Å². The van der Waals surface area contributed by atoms with Crippen molar-refractivity contribution in [1.29, 1.82) is 0 Å². The molecular weight excluding hydrogens is 409 g/mol. The van der Waals surface area contributed by atoms with Gasteiger partial charge in [0, 0.05) is 42.4 Å². The summed E-state index contributed by atoms with van der Waals surface area (Å²) in [6.07, 6.45) is 0.689. The monoisotopic (exact) mass is 431 g/mol. The molecule has 1 amide bonds. The first-order chi connectivity index (χ1) is 15.4. The minimum atomic E-state index is -0.329. The molecule has 0 N–H and O–H groups in total. The SMILES string of the molecule is Cc1ccc(C(=O)N2CCc3c(c(-c4nc(-c5ccc(F)cc5)no4)nn3C)C2)c(C)c1. The van der Waals surface area contributed by atoms with Crippen molar-refractivity contribution in [3.05, 3.63) is 76.2 Å². The Morgan fingerprint density at radius 1 is 1.12 bits per heavy atom. The fraction of sp³-hybridized carbons (Fsp3) is 0.250. The third kappa shape index (κ3) is 3.47. The second-order valence-electron chi connectivity index (χ2n) is 8.12. The van der Waals surface area contributed by atoms with Crippen molar-refractivity contribution in [2.75, 3.05) is 6.54 Å². The van der Waals surface area contributed by atoms with Gasteiger partial charge in [-0.05, 0) is 49.7 Å². The van der Waals surface area contributed by atoms with Crippen molar-refractivity contribution in [2.24, 2.45) is 7.05 Å². The van der Waals surface area contributed by atoms with Crippen molar-refractivity contribution in [2.45, 2.75) is 26.8 Å². The van der Waals surface area contributed by atoms with Crippen molar-refractivity contribution in [3.8, 4) is 23.0 Å². The molecule has 4 aromatic rings. The molecule has 0 fully saturated rings. The number of rotatable bonds is 3. The Morgan fingerprint density at radius 3 is 2.66 bits per heavy atom. The number of fused-ring (bicyclic) bond motifs is 1. The lowest BCUT2D eigenvalue weighted by atomic mass is 10.0. The van der Waals surface area contributed by atoms with Gasteiger partial charge in [-0.15, -0.1) is 0 Å². The molecule has 0 atom stereocenters. The number of carbonyl (C=O) groups excluding carboxylic acids is 1. The Bertz CT molecular complexity index is 1320. The zero-order chi connectivity index (χ0) is 22.4. The van der Waals surface area contributed by atoms with Crippen LogP contribution in [0.5, 0.6) is 0 Å². The number of halogens is 1. The number of hydrogen-bond donors (Lipinski definition) is 0. The zero-order valence-corrected chi connectivity index (χ0v) is 18.1. The highest BCUT2D eigenvalue weighted by Gasteiger charge is 2.30. The largest absolute Gasteiger partial charge is 0.334 e. The Hall–Kier alpha value is -3.81. The van der Waals surface area contributed by atoms with Crippen LogP contribution in [-0.4, -0.2) is 37.3 Å². The summed E-state index contributed by atoms with van der Waals surface area (Å²) in [4.78, 5) is 19.5. The molecule has 0 aliphatic carbocycles. The van der Waals surface area contributed by atoms with Crippen LogP contribution in [0.3, 0.4) is 0 Å². The van der Waals surface area contributed by atoms with Crippen LogP contribution >= 0.6 is 0 Å². The molecule has 0 saturated carbocycles. The smallest absolute Gasteiger partial charge is 0.279 e. The van der Waals surface area contributed by atoms with Crippen LogP contribution in [-0.2, 0) is 20.0 Å². The molecule has 0 saturated heterocycles. The standard InChI is InChI=1S/C24H22FN5O2/c1-14-4-9-18(15(2)12-14)24(31)30-11-10-20-19(13-30)21(27-29(20)3)23-26-22(28-32-23)16-5-7-17(25)8-6-16/h4-9,12H,10-11,13H2,1-3H3. The number of carbonyl (C=O) groups is 1. The summed E-state index contributed by atoms with van der Waals surface area (Å²) in [5.74, 6) is 0.311. The molecule has 3 heterocycles. The predicted octanol–water partition coefficient (Wildman–Crippen LogP) is 4.09. The molecule has 0 bridgehead atoms. The number of amides is 1. The van der Waals surface area contributed by atoms with E-state index in [0.29, 0.717) is 42.2 Å². The summed E-state index contributed by atoms with van der Waals surface area (Å²) in [6, 6.07) is 11.8. The van der Waals surface area contributed by atoms with E-state index in [0.717, 1.165) is 22.4 Å². The highest BCUT2D eigenvalue weighted by molar-refractivity contribution is 5.96. The fourth-order valence-electron chi connectivity index (χ4n) is 4.20. The Morgan fingerprint density at radius 2 is 1.91 bits per heavy atom. The van der Waals surface area contributed by atoms with Gasteiger partial charge in [0.1, 0.15) is 5.82 Å².